The fraction of sp³-hybridized carbons (Fsp3) is 0.500. The van der Waals surface area contributed by atoms with Gasteiger partial charge in [-0.05, 0) is 12.5 Å². The third-order valence-electron chi connectivity index (χ3n) is 1.12. The monoisotopic (exact) mass is 203 g/mol. The molecule has 0 saturated heterocycles. The van der Waals surface area contributed by atoms with Gasteiger partial charge in [0, 0.05) is 0 Å². The van der Waals surface area contributed by atoms with Crippen LogP contribution in [0.25, 0.3) is 0 Å². The molecule has 0 bridgehead atoms. The summed E-state index contributed by atoms with van der Waals surface area (Å²) in [4.78, 5) is 12.2. The summed E-state index contributed by atoms with van der Waals surface area (Å²) in [6.45, 7) is 0. The first-order chi connectivity index (χ1) is 5.80. The molecule has 0 fully saturated rings. The molecule has 0 unspecified atom stereocenters. The molecule has 0 atom stereocenters. The standard InChI is InChI=1S/C6H9N3OS2/c1-10-4-7-5(11-2)9-6(8-4)12-3/h1-3H3. The lowest BCUT2D eigenvalue weighted by Gasteiger charge is -2.01. The Kier molecular flexibility index (Phi) is 3.61. The molecule has 1 aromatic heterocycles. The van der Waals surface area contributed by atoms with Crippen LogP contribution in [0.2, 0.25) is 0 Å². The second kappa shape index (κ2) is 4.51. The number of nitrogens with zero attached hydrogens (tertiary/aromatic N) is 3. The molecule has 0 aliphatic heterocycles. The fourth-order valence-electron chi connectivity index (χ4n) is 0.594. The molecule has 0 radical (unpaired) electrons. The summed E-state index contributed by atoms with van der Waals surface area (Å²) in [6.07, 6.45) is 3.83. The zero-order chi connectivity index (χ0) is 8.97. The lowest BCUT2D eigenvalue weighted by Crippen LogP contribution is -1.97. The van der Waals surface area contributed by atoms with Gasteiger partial charge in [0.15, 0.2) is 10.3 Å². The molecule has 0 spiro atoms. The smallest absolute Gasteiger partial charge is 0.321 e. The SMILES string of the molecule is COc1nc(SC)nc(SC)n1. The number of rotatable bonds is 3. The molecule has 12 heavy (non-hydrogen) atoms. The number of hydrogen-bond donors (Lipinski definition) is 0. The first-order valence-electron chi connectivity index (χ1n) is 3.18. The van der Waals surface area contributed by atoms with Gasteiger partial charge in [-0.3, -0.25) is 0 Å². The maximum absolute atomic E-state index is 4.91. The van der Waals surface area contributed by atoms with Gasteiger partial charge in [0.2, 0.25) is 0 Å². The van der Waals surface area contributed by atoms with Crippen molar-refractivity contribution in [3.05, 3.63) is 0 Å². The van der Waals surface area contributed by atoms with Crippen molar-refractivity contribution >= 4 is 23.5 Å². The van der Waals surface area contributed by atoms with Crippen molar-refractivity contribution in [3.8, 4) is 6.01 Å². The maximum atomic E-state index is 4.91. The molecule has 0 aliphatic carbocycles. The van der Waals surface area contributed by atoms with Crippen molar-refractivity contribution in [3.63, 3.8) is 0 Å². The molecule has 1 aromatic rings. The van der Waals surface area contributed by atoms with Gasteiger partial charge >= 0.3 is 6.01 Å². The molecule has 0 saturated carbocycles. The molecule has 1 rings (SSSR count). The Bertz CT molecular complexity index is 214. The van der Waals surface area contributed by atoms with E-state index < -0.39 is 0 Å². The normalized spacial score (nSPS) is 9.92. The van der Waals surface area contributed by atoms with Crippen LogP contribution in [0.1, 0.15) is 0 Å². The van der Waals surface area contributed by atoms with Crippen molar-refractivity contribution in [1.29, 1.82) is 0 Å². The summed E-state index contributed by atoms with van der Waals surface area (Å²) >= 11 is 2.94. The topological polar surface area (TPSA) is 47.9 Å². The Morgan fingerprint density at radius 3 is 1.83 bits per heavy atom. The summed E-state index contributed by atoms with van der Waals surface area (Å²) in [7, 11) is 1.55. The van der Waals surface area contributed by atoms with Crippen molar-refractivity contribution in [1.82, 2.24) is 15.0 Å². The van der Waals surface area contributed by atoms with Crippen molar-refractivity contribution in [2.75, 3.05) is 19.6 Å². The van der Waals surface area contributed by atoms with Gasteiger partial charge in [0.05, 0.1) is 7.11 Å². The Hall–Kier alpha value is -0.490. The van der Waals surface area contributed by atoms with Crippen LogP contribution in [0.15, 0.2) is 10.3 Å². The predicted molar refractivity (Wildman–Crippen MR) is 49.9 cm³/mol. The Balaban J connectivity index is 3.01. The minimum absolute atomic E-state index is 0.374. The molecule has 0 aromatic carbocycles. The molecule has 0 N–H and O–H groups in total. The van der Waals surface area contributed by atoms with E-state index in [0.29, 0.717) is 16.3 Å². The van der Waals surface area contributed by atoms with Crippen LogP contribution in [0.5, 0.6) is 6.01 Å². The van der Waals surface area contributed by atoms with Crippen LogP contribution in [-0.2, 0) is 0 Å². The van der Waals surface area contributed by atoms with Crippen molar-refractivity contribution < 1.29 is 4.74 Å². The molecular formula is C6H9N3OS2. The number of thioether (sulfide) groups is 2. The van der Waals surface area contributed by atoms with E-state index in [9.17, 15) is 0 Å². The van der Waals surface area contributed by atoms with E-state index in [-0.39, 0.29) is 0 Å². The van der Waals surface area contributed by atoms with Crippen LogP contribution in [0.4, 0.5) is 0 Å². The lowest BCUT2D eigenvalue weighted by molar-refractivity contribution is 0.366. The quantitative estimate of drug-likeness (QED) is 0.691. The molecule has 0 aliphatic rings. The summed E-state index contributed by atoms with van der Waals surface area (Å²) in [5.74, 6) is 0. The highest BCUT2D eigenvalue weighted by molar-refractivity contribution is 7.99. The van der Waals surface area contributed by atoms with E-state index in [1.165, 1.54) is 23.5 Å². The highest BCUT2D eigenvalue weighted by Crippen LogP contribution is 2.16. The predicted octanol–water partition coefficient (Wildman–Crippen LogP) is 1.32. The van der Waals surface area contributed by atoms with Gasteiger partial charge in [-0.15, -0.1) is 0 Å². The van der Waals surface area contributed by atoms with Crippen molar-refractivity contribution in [2.24, 2.45) is 0 Å². The minimum Gasteiger partial charge on any atom is -0.467 e. The van der Waals surface area contributed by atoms with Gasteiger partial charge in [-0.2, -0.15) is 15.0 Å². The third kappa shape index (κ3) is 2.25. The summed E-state index contributed by atoms with van der Waals surface area (Å²) < 4.78 is 4.91. The van der Waals surface area contributed by atoms with Gasteiger partial charge in [-0.25, -0.2) is 0 Å². The second-order valence-electron chi connectivity index (χ2n) is 1.80. The fourth-order valence-corrected chi connectivity index (χ4v) is 1.35. The molecular weight excluding hydrogens is 194 g/mol. The van der Waals surface area contributed by atoms with Gasteiger partial charge in [0.1, 0.15) is 0 Å². The Labute approximate surface area is 79.5 Å². The number of aromatic nitrogens is 3. The molecule has 0 amide bonds. The lowest BCUT2D eigenvalue weighted by atomic mass is 11.0. The first kappa shape index (κ1) is 9.60. The van der Waals surface area contributed by atoms with Crippen LogP contribution < -0.4 is 4.74 Å². The highest BCUT2D eigenvalue weighted by atomic mass is 32.2. The Morgan fingerprint density at radius 1 is 1.00 bits per heavy atom. The van der Waals surface area contributed by atoms with E-state index in [0.717, 1.165) is 0 Å². The van der Waals surface area contributed by atoms with E-state index in [2.05, 4.69) is 15.0 Å². The van der Waals surface area contributed by atoms with E-state index in [4.69, 9.17) is 4.74 Å². The van der Waals surface area contributed by atoms with E-state index in [1.807, 2.05) is 12.5 Å². The van der Waals surface area contributed by atoms with Crippen LogP contribution >= 0.6 is 23.5 Å². The second-order valence-corrected chi connectivity index (χ2v) is 3.34. The summed E-state index contributed by atoms with van der Waals surface area (Å²) in [6, 6.07) is 0.374. The summed E-state index contributed by atoms with van der Waals surface area (Å²) in [5.41, 5.74) is 0. The average Bonchev–Trinajstić information content (AvgIpc) is 2.16. The zero-order valence-corrected chi connectivity index (χ0v) is 8.70. The number of methoxy groups -OCH3 is 1. The van der Waals surface area contributed by atoms with Crippen LogP contribution in [-0.4, -0.2) is 34.6 Å². The van der Waals surface area contributed by atoms with Gasteiger partial charge in [-0.1, -0.05) is 23.5 Å². The highest BCUT2D eigenvalue weighted by Gasteiger charge is 2.03. The van der Waals surface area contributed by atoms with Crippen LogP contribution in [0.3, 0.4) is 0 Å². The average molecular weight is 203 g/mol. The largest absolute Gasteiger partial charge is 0.467 e. The first-order valence-corrected chi connectivity index (χ1v) is 5.63. The van der Waals surface area contributed by atoms with E-state index >= 15 is 0 Å². The summed E-state index contributed by atoms with van der Waals surface area (Å²) in [5, 5.41) is 1.37. The van der Waals surface area contributed by atoms with Crippen LogP contribution in [0, 0.1) is 0 Å². The molecule has 1 heterocycles. The molecule has 6 heteroatoms. The molecule has 66 valence electrons. The number of hydrogen-bond acceptors (Lipinski definition) is 6. The van der Waals surface area contributed by atoms with Crippen molar-refractivity contribution in [2.45, 2.75) is 10.3 Å². The molecule has 4 nitrogen and oxygen atoms in total. The zero-order valence-electron chi connectivity index (χ0n) is 7.07. The Morgan fingerprint density at radius 2 is 1.50 bits per heavy atom. The van der Waals surface area contributed by atoms with Gasteiger partial charge < -0.3 is 4.74 Å². The number of ether oxygens (including phenoxy) is 1. The van der Waals surface area contributed by atoms with E-state index in [1.54, 1.807) is 7.11 Å². The third-order valence-corrected chi connectivity index (χ3v) is 2.22. The minimum atomic E-state index is 0.374. The van der Waals surface area contributed by atoms with Gasteiger partial charge in [0.25, 0.3) is 0 Å². The maximum Gasteiger partial charge on any atom is 0.321 e.